The smallest absolute Gasteiger partial charge is 0.127 e. The van der Waals surface area contributed by atoms with Gasteiger partial charge in [-0.2, -0.15) is 0 Å². The van der Waals surface area contributed by atoms with Crippen molar-refractivity contribution in [3.05, 3.63) is 89.0 Å². The predicted octanol–water partition coefficient (Wildman–Crippen LogP) is 7.90. The molecule has 0 spiro atoms. The molecule has 1 aliphatic rings. The molecule has 0 aliphatic carbocycles. The summed E-state index contributed by atoms with van der Waals surface area (Å²) in [5, 5.41) is 0.704. The van der Waals surface area contributed by atoms with Gasteiger partial charge in [0.1, 0.15) is 11.5 Å². The lowest BCUT2D eigenvalue weighted by molar-refractivity contribution is 0.483. The Balaban J connectivity index is 1.57. The first-order valence-corrected chi connectivity index (χ1v) is 10.9. The summed E-state index contributed by atoms with van der Waals surface area (Å²) in [7, 11) is 0. The second-order valence-electron chi connectivity index (χ2n) is 8.28. The van der Waals surface area contributed by atoms with Crippen LogP contribution in [0.1, 0.15) is 38.8 Å². The Kier molecular flexibility index (Phi) is 5.88. The van der Waals surface area contributed by atoms with Gasteiger partial charge in [-0.1, -0.05) is 35.9 Å². The van der Waals surface area contributed by atoms with Crippen LogP contribution >= 0.6 is 11.6 Å². The highest BCUT2D eigenvalue weighted by Gasteiger charge is 2.30. The van der Waals surface area contributed by atoms with Crippen molar-refractivity contribution in [2.24, 2.45) is 4.99 Å². The van der Waals surface area contributed by atoms with Crippen LogP contribution < -0.4 is 9.64 Å². The van der Waals surface area contributed by atoms with E-state index in [-0.39, 0.29) is 5.54 Å². The van der Waals surface area contributed by atoms with Crippen LogP contribution in [0, 0.1) is 0 Å². The van der Waals surface area contributed by atoms with E-state index in [1.807, 2.05) is 60.8 Å². The Bertz CT molecular complexity index is 1130. The molecule has 0 unspecified atom stereocenters. The second kappa shape index (κ2) is 8.60. The van der Waals surface area contributed by atoms with Gasteiger partial charge in [0.25, 0.3) is 0 Å². The summed E-state index contributed by atoms with van der Waals surface area (Å²) in [5.41, 5.74) is 5.37. The maximum absolute atomic E-state index is 6.65. The van der Waals surface area contributed by atoms with Gasteiger partial charge in [0, 0.05) is 29.6 Å². The van der Waals surface area contributed by atoms with Crippen molar-refractivity contribution in [2.75, 3.05) is 11.4 Å². The SMILES string of the molecule is CCN1c2cc(Cl)c(C=Nc3ccc(Oc4ccccc4)cc3)cc2C(C)=CC1(C)C. The average Bonchev–Trinajstić information content (AvgIpc) is 2.74. The van der Waals surface area contributed by atoms with Crippen LogP contribution in [-0.2, 0) is 0 Å². The molecule has 1 aliphatic heterocycles. The third-order valence-electron chi connectivity index (χ3n) is 5.58. The molecule has 4 rings (SSSR count). The largest absolute Gasteiger partial charge is 0.457 e. The summed E-state index contributed by atoms with van der Waals surface area (Å²) in [6.07, 6.45) is 4.15. The minimum Gasteiger partial charge on any atom is -0.457 e. The number of hydrogen-bond donors (Lipinski definition) is 0. The van der Waals surface area contributed by atoms with E-state index in [0.29, 0.717) is 5.02 Å². The molecule has 3 aromatic carbocycles. The van der Waals surface area contributed by atoms with Crippen molar-refractivity contribution in [3.8, 4) is 11.5 Å². The number of para-hydroxylation sites is 1. The molecule has 3 aromatic rings. The van der Waals surface area contributed by atoms with Crippen molar-refractivity contribution >= 4 is 34.8 Å². The first-order chi connectivity index (χ1) is 14.9. The van der Waals surface area contributed by atoms with Gasteiger partial charge < -0.3 is 9.64 Å². The van der Waals surface area contributed by atoms with E-state index in [1.165, 1.54) is 16.8 Å². The number of likely N-dealkylation sites (N-methyl/N-ethyl adjacent to an activating group) is 1. The minimum absolute atomic E-state index is 0.0334. The summed E-state index contributed by atoms with van der Waals surface area (Å²) in [6.45, 7) is 9.72. The molecule has 0 radical (unpaired) electrons. The van der Waals surface area contributed by atoms with Crippen LogP contribution in [0.2, 0.25) is 5.02 Å². The van der Waals surface area contributed by atoms with Crippen LogP contribution in [0.5, 0.6) is 11.5 Å². The number of aliphatic imine (C=N–C) groups is 1. The third kappa shape index (κ3) is 4.52. The fourth-order valence-electron chi connectivity index (χ4n) is 4.16. The quantitative estimate of drug-likeness (QED) is 0.384. The van der Waals surface area contributed by atoms with E-state index in [1.54, 1.807) is 0 Å². The Hall–Kier alpha value is -3.04. The molecule has 0 atom stereocenters. The standard InChI is InChI=1S/C27H27ClN2O/c1-5-30-26-16-25(28)20(15-24(26)19(2)17-27(30,3)4)18-29-21-11-13-23(14-12-21)31-22-9-7-6-8-10-22/h6-18H,5H2,1-4H3. The summed E-state index contributed by atoms with van der Waals surface area (Å²) in [6, 6.07) is 21.7. The minimum atomic E-state index is -0.0334. The molecule has 0 bridgehead atoms. The Morgan fingerprint density at radius 2 is 1.68 bits per heavy atom. The Morgan fingerprint density at radius 1 is 1.00 bits per heavy atom. The number of ether oxygens (including phenoxy) is 1. The topological polar surface area (TPSA) is 24.8 Å². The van der Waals surface area contributed by atoms with Crippen molar-refractivity contribution in [3.63, 3.8) is 0 Å². The summed E-state index contributed by atoms with van der Waals surface area (Å²) in [4.78, 5) is 7.01. The number of benzene rings is 3. The Morgan fingerprint density at radius 3 is 2.35 bits per heavy atom. The number of anilines is 1. The molecule has 158 valence electrons. The Labute approximate surface area is 189 Å². The molecule has 4 heteroatoms. The van der Waals surface area contributed by atoms with E-state index in [2.05, 4.69) is 55.8 Å². The highest BCUT2D eigenvalue weighted by Crippen LogP contribution is 2.41. The van der Waals surface area contributed by atoms with Gasteiger partial charge in [0.05, 0.1) is 16.2 Å². The second-order valence-corrected chi connectivity index (χ2v) is 8.69. The van der Waals surface area contributed by atoms with Gasteiger partial charge in [-0.25, -0.2) is 0 Å². The van der Waals surface area contributed by atoms with E-state index >= 15 is 0 Å². The fraction of sp³-hybridized carbons (Fsp3) is 0.222. The number of nitrogens with zero attached hydrogens (tertiary/aromatic N) is 2. The van der Waals surface area contributed by atoms with Gasteiger partial charge in [-0.05, 0) is 81.8 Å². The molecule has 0 N–H and O–H groups in total. The first kappa shape index (κ1) is 21.2. The van der Waals surface area contributed by atoms with Gasteiger partial charge >= 0.3 is 0 Å². The van der Waals surface area contributed by atoms with E-state index in [4.69, 9.17) is 16.3 Å². The van der Waals surface area contributed by atoms with Gasteiger partial charge in [-0.3, -0.25) is 4.99 Å². The normalized spacial score (nSPS) is 15.0. The van der Waals surface area contributed by atoms with Crippen LogP contribution in [-0.4, -0.2) is 18.3 Å². The fourth-order valence-corrected chi connectivity index (χ4v) is 4.37. The van der Waals surface area contributed by atoms with Crippen LogP contribution in [0.3, 0.4) is 0 Å². The lowest BCUT2D eigenvalue weighted by Gasteiger charge is -2.43. The molecule has 0 aromatic heterocycles. The zero-order valence-electron chi connectivity index (χ0n) is 18.4. The van der Waals surface area contributed by atoms with Gasteiger partial charge in [0.15, 0.2) is 0 Å². The first-order valence-electron chi connectivity index (χ1n) is 10.6. The summed E-state index contributed by atoms with van der Waals surface area (Å²) in [5.74, 6) is 1.59. The zero-order chi connectivity index (χ0) is 22.0. The van der Waals surface area contributed by atoms with Crippen molar-refractivity contribution in [1.29, 1.82) is 0 Å². The predicted molar refractivity (Wildman–Crippen MR) is 132 cm³/mol. The number of hydrogen-bond acceptors (Lipinski definition) is 3. The molecule has 3 nitrogen and oxygen atoms in total. The lowest BCUT2D eigenvalue weighted by Crippen LogP contribution is -2.44. The molecular weight excluding hydrogens is 404 g/mol. The van der Waals surface area contributed by atoms with Crippen LogP contribution in [0.25, 0.3) is 5.57 Å². The molecule has 31 heavy (non-hydrogen) atoms. The summed E-state index contributed by atoms with van der Waals surface area (Å²) < 4.78 is 5.84. The van der Waals surface area contributed by atoms with E-state index in [0.717, 1.165) is 29.3 Å². The van der Waals surface area contributed by atoms with Crippen LogP contribution in [0.4, 0.5) is 11.4 Å². The lowest BCUT2D eigenvalue weighted by atomic mass is 9.88. The van der Waals surface area contributed by atoms with Crippen LogP contribution in [0.15, 0.2) is 77.8 Å². The molecule has 0 saturated heterocycles. The van der Waals surface area contributed by atoms with Crippen molar-refractivity contribution in [2.45, 2.75) is 33.2 Å². The highest BCUT2D eigenvalue weighted by atomic mass is 35.5. The van der Waals surface area contributed by atoms with Crippen molar-refractivity contribution in [1.82, 2.24) is 0 Å². The third-order valence-corrected chi connectivity index (χ3v) is 5.91. The van der Waals surface area contributed by atoms with E-state index in [9.17, 15) is 0 Å². The number of fused-ring (bicyclic) bond motifs is 1. The number of rotatable bonds is 5. The zero-order valence-corrected chi connectivity index (χ0v) is 19.1. The molecule has 1 heterocycles. The highest BCUT2D eigenvalue weighted by molar-refractivity contribution is 6.33. The maximum atomic E-state index is 6.65. The van der Waals surface area contributed by atoms with E-state index < -0.39 is 0 Å². The average molecular weight is 431 g/mol. The molecular formula is C27H27ClN2O. The molecule has 0 saturated carbocycles. The molecule has 0 amide bonds. The number of allylic oxidation sites excluding steroid dienone is 1. The van der Waals surface area contributed by atoms with Crippen molar-refractivity contribution < 1.29 is 4.74 Å². The maximum Gasteiger partial charge on any atom is 0.127 e. The van der Waals surface area contributed by atoms with Gasteiger partial charge in [-0.15, -0.1) is 0 Å². The molecule has 0 fully saturated rings. The summed E-state index contributed by atoms with van der Waals surface area (Å²) >= 11 is 6.65. The van der Waals surface area contributed by atoms with Gasteiger partial charge in [0.2, 0.25) is 0 Å². The number of halogens is 1. The monoisotopic (exact) mass is 430 g/mol.